The maximum atomic E-state index is 13.0. The van der Waals surface area contributed by atoms with Crippen LogP contribution in [0, 0.1) is 17.0 Å². The number of nitro groups is 1. The highest BCUT2D eigenvalue weighted by Gasteiger charge is 2.18. The molecule has 0 radical (unpaired) electrons. The van der Waals surface area contributed by atoms with E-state index in [2.05, 4.69) is 15.5 Å². The first-order valence-electron chi connectivity index (χ1n) is 8.48. The van der Waals surface area contributed by atoms with Crippen LogP contribution in [0.25, 0.3) is 21.3 Å². The zero-order valence-corrected chi connectivity index (χ0v) is 15.9. The van der Waals surface area contributed by atoms with Crippen molar-refractivity contribution >= 4 is 33.3 Å². The highest BCUT2D eigenvalue weighted by atomic mass is 32.1. The normalized spacial score (nSPS) is 10.9. The number of fused-ring (bicyclic) bond motifs is 1. The highest BCUT2D eigenvalue weighted by molar-refractivity contribution is 7.19. The van der Waals surface area contributed by atoms with Gasteiger partial charge in [-0.25, -0.2) is 9.66 Å². The van der Waals surface area contributed by atoms with Gasteiger partial charge >= 0.3 is 5.82 Å². The van der Waals surface area contributed by atoms with Crippen LogP contribution in [0.3, 0.4) is 0 Å². The average molecular weight is 410 g/mol. The summed E-state index contributed by atoms with van der Waals surface area (Å²) in [6, 6.07) is 10.7. The van der Waals surface area contributed by atoms with E-state index in [-0.39, 0.29) is 12.4 Å². The summed E-state index contributed by atoms with van der Waals surface area (Å²) in [4.78, 5) is 41.2. The Morgan fingerprint density at radius 1 is 1.28 bits per heavy atom. The Morgan fingerprint density at radius 2 is 2.03 bits per heavy atom. The molecule has 0 atom stereocenters. The van der Waals surface area contributed by atoms with Crippen molar-refractivity contribution < 1.29 is 9.72 Å². The van der Waals surface area contributed by atoms with Crippen LogP contribution in [0.1, 0.15) is 4.88 Å². The molecule has 0 aliphatic carbocycles. The van der Waals surface area contributed by atoms with Gasteiger partial charge in [0.25, 0.3) is 11.5 Å². The molecule has 0 fully saturated rings. The first kappa shape index (κ1) is 18.5. The number of amides is 1. The monoisotopic (exact) mass is 410 g/mol. The highest BCUT2D eigenvalue weighted by Crippen LogP contribution is 2.35. The molecule has 29 heavy (non-hydrogen) atoms. The molecule has 11 heteroatoms. The lowest BCUT2D eigenvalue weighted by Gasteiger charge is -2.07. The van der Waals surface area contributed by atoms with Gasteiger partial charge in [0.1, 0.15) is 17.7 Å². The first-order chi connectivity index (χ1) is 13.9. The van der Waals surface area contributed by atoms with E-state index >= 15 is 0 Å². The fraction of sp³-hybridized carbons (Fsp3) is 0.111. The largest absolute Gasteiger partial charge is 0.389 e. The van der Waals surface area contributed by atoms with Crippen LogP contribution in [-0.4, -0.2) is 30.3 Å². The molecule has 4 aromatic rings. The van der Waals surface area contributed by atoms with Gasteiger partial charge in [0.05, 0.1) is 22.7 Å². The second-order valence-electron chi connectivity index (χ2n) is 6.16. The lowest BCUT2D eigenvalue weighted by molar-refractivity contribution is -0.389. The van der Waals surface area contributed by atoms with E-state index in [1.54, 1.807) is 0 Å². The molecule has 1 N–H and O–H groups in total. The van der Waals surface area contributed by atoms with Crippen LogP contribution in [0.2, 0.25) is 0 Å². The molecular weight excluding hydrogens is 396 g/mol. The standard InChI is InChI=1S/C18H14N6O4S/c1-11-15(12-5-3-2-4-6-12)16-17(29-11)19-10-23(18(16)26)21-14(25)9-22-8-7-13(20-22)24(27)28/h2-8,10H,9H2,1H3,(H,21,25). The number of rotatable bonds is 5. The fourth-order valence-corrected chi connectivity index (χ4v) is 3.99. The van der Waals surface area contributed by atoms with Crippen LogP contribution in [-0.2, 0) is 11.3 Å². The van der Waals surface area contributed by atoms with Crippen molar-refractivity contribution in [2.24, 2.45) is 0 Å². The summed E-state index contributed by atoms with van der Waals surface area (Å²) < 4.78 is 2.13. The number of nitrogens with zero attached hydrogens (tertiary/aromatic N) is 5. The van der Waals surface area contributed by atoms with E-state index in [4.69, 9.17) is 0 Å². The van der Waals surface area contributed by atoms with E-state index in [9.17, 15) is 19.7 Å². The van der Waals surface area contributed by atoms with Crippen LogP contribution < -0.4 is 11.0 Å². The second-order valence-corrected chi connectivity index (χ2v) is 7.37. The van der Waals surface area contributed by atoms with Crippen LogP contribution in [0.4, 0.5) is 5.82 Å². The number of carbonyl (C=O) groups excluding carboxylic acids is 1. The molecule has 0 aliphatic rings. The van der Waals surface area contributed by atoms with Crippen LogP contribution in [0.5, 0.6) is 0 Å². The number of hydrogen-bond donors (Lipinski definition) is 1. The molecular formula is C18H14N6O4S. The van der Waals surface area contributed by atoms with Gasteiger partial charge in [-0.05, 0) is 17.4 Å². The molecule has 0 unspecified atom stereocenters. The van der Waals surface area contributed by atoms with Gasteiger partial charge in [-0.3, -0.25) is 15.0 Å². The first-order valence-corrected chi connectivity index (χ1v) is 9.29. The number of hydrogen-bond acceptors (Lipinski definition) is 7. The maximum absolute atomic E-state index is 13.0. The summed E-state index contributed by atoms with van der Waals surface area (Å²) in [5.74, 6) is -0.932. The quantitative estimate of drug-likeness (QED) is 0.398. The summed E-state index contributed by atoms with van der Waals surface area (Å²) in [5, 5.41) is 14.8. The predicted octanol–water partition coefficient (Wildman–Crippen LogP) is 2.31. The molecule has 1 amide bonds. The minimum absolute atomic E-state index is 0.285. The van der Waals surface area contributed by atoms with Crippen LogP contribution in [0.15, 0.2) is 53.7 Å². The minimum Gasteiger partial charge on any atom is -0.358 e. The third-order valence-corrected chi connectivity index (χ3v) is 5.23. The van der Waals surface area contributed by atoms with Crippen molar-refractivity contribution in [3.63, 3.8) is 0 Å². The Kier molecular flexibility index (Phi) is 4.64. The van der Waals surface area contributed by atoms with Gasteiger partial charge in [-0.15, -0.1) is 11.3 Å². The molecule has 0 saturated heterocycles. The SMILES string of the molecule is Cc1sc2ncn(NC(=O)Cn3ccc([N+](=O)[O-])n3)c(=O)c2c1-c1ccccc1. The third-order valence-electron chi connectivity index (χ3n) is 4.22. The van der Waals surface area contributed by atoms with Crippen molar-refractivity contribution in [1.29, 1.82) is 0 Å². The Labute approximate surface area is 167 Å². The van der Waals surface area contributed by atoms with E-state index in [1.165, 1.54) is 29.9 Å². The predicted molar refractivity (Wildman–Crippen MR) is 107 cm³/mol. The Balaban J connectivity index is 1.66. The van der Waals surface area contributed by atoms with Crippen molar-refractivity contribution in [1.82, 2.24) is 19.4 Å². The van der Waals surface area contributed by atoms with Crippen molar-refractivity contribution in [3.8, 4) is 11.1 Å². The second kappa shape index (κ2) is 7.28. The summed E-state index contributed by atoms with van der Waals surface area (Å²) in [6.45, 7) is 1.63. The van der Waals surface area contributed by atoms with Crippen molar-refractivity contribution in [2.75, 3.05) is 5.43 Å². The van der Waals surface area contributed by atoms with E-state index < -0.39 is 16.4 Å². The maximum Gasteiger partial charge on any atom is 0.389 e. The molecule has 1 aromatic carbocycles. The van der Waals surface area contributed by atoms with E-state index in [1.807, 2.05) is 37.3 Å². The molecule has 0 bridgehead atoms. The van der Waals surface area contributed by atoms with Gasteiger partial charge in [0, 0.05) is 10.4 Å². The van der Waals surface area contributed by atoms with Gasteiger partial charge in [0.15, 0.2) is 0 Å². The van der Waals surface area contributed by atoms with Crippen LogP contribution >= 0.6 is 11.3 Å². The smallest absolute Gasteiger partial charge is 0.358 e. The van der Waals surface area contributed by atoms with Gasteiger partial charge < -0.3 is 10.1 Å². The number of benzene rings is 1. The average Bonchev–Trinajstić information content (AvgIpc) is 3.29. The number of aryl methyl sites for hydroxylation is 1. The third kappa shape index (κ3) is 3.50. The number of aromatic nitrogens is 4. The summed E-state index contributed by atoms with van der Waals surface area (Å²) >= 11 is 1.41. The molecule has 4 rings (SSSR count). The van der Waals surface area contributed by atoms with E-state index in [0.29, 0.717) is 10.2 Å². The van der Waals surface area contributed by atoms with Gasteiger partial charge in [0.2, 0.25) is 0 Å². The summed E-state index contributed by atoms with van der Waals surface area (Å²) in [7, 11) is 0. The lowest BCUT2D eigenvalue weighted by Crippen LogP contribution is -2.35. The number of nitrogens with one attached hydrogen (secondary N) is 1. The number of carbonyl (C=O) groups is 1. The summed E-state index contributed by atoms with van der Waals surface area (Å²) in [5.41, 5.74) is 3.73. The van der Waals surface area contributed by atoms with Crippen molar-refractivity contribution in [3.05, 3.63) is 74.3 Å². The molecule has 0 spiro atoms. The molecule has 3 aromatic heterocycles. The Hall–Kier alpha value is -3.86. The summed E-state index contributed by atoms with van der Waals surface area (Å²) in [6.07, 6.45) is 2.57. The van der Waals surface area contributed by atoms with Gasteiger partial charge in [-0.2, -0.15) is 4.68 Å². The zero-order chi connectivity index (χ0) is 20.5. The fourth-order valence-electron chi connectivity index (χ4n) is 2.99. The van der Waals surface area contributed by atoms with Gasteiger partial charge in [-0.1, -0.05) is 30.3 Å². The number of thiophene rings is 1. The molecule has 146 valence electrons. The topological polar surface area (TPSA) is 125 Å². The molecule has 3 heterocycles. The van der Waals surface area contributed by atoms with E-state index in [0.717, 1.165) is 25.4 Å². The molecule has 0 aliphatic heterocycles. The minimum atomic E-state index is -0.652. The zero-order valence-electron chi connectivity index (χ0n) is 15.1. The molecule has 10 nitrogen and oxygen atoms in total. The Bertz CT molecular complexity index is 1290. The Morgan fingerprint density at radius 3 is 2.72 bits per heavy atom. The molecule has 0 saturated carbocycles. The lowest BCUT2D eigenvalue weighted by atomic mass is 10.0. The van der Waals surface area contributed by atoms with Crippen molar-refractivity contribution in [2.45, 2.75) is 13.5 Å².